The van der Waals surface area contributed by atoms with E-state index >= 15 is 0 Å². The van der Waals surface area contributed by atoms with Gasteiger partial charge in [0.15, 0.2) is 0 Å². The molecule has 0 atom stereocenters. The number of hydrogen-bond acceptors (Lipinski definition) is 3. The van der Waals surface area contributed by atoms with Crippen molar-refractivity contribution >= 4 is 0 Å². The zero-order valence-electron chi connectivity index (χ0n) is 7.82. The SMILES string of the molecule is CCn1cncc1CNCCC#N. The second kappa shape index (κ2) is 5.33. The summed E-state index contributed by atoms with van der Waals surface area (Å²) in [7, 11) is 0. The van der Waals surface area contributed by atoms with Crippen LogP contribution in [0.2, 0.25) is 0 Å². The van der Waals surface area contributed by atoms with Crippen LogP contribution in [0.15, 0.2) is 12.5 Å². The smallest absolute Gasteiger partial charge is 0.0948 e. The molecule has 0 aromatic carbocycles. The predicted molar refractivity (Wildman–Crippen MR) is 49.8 cm³/mol. The summed E-state index contributed by atoms with van der Waals surface area (Å²) in [6.45, 7) is 4.55. The van der Waals surface area contributed by atoms with E-state index in [9.17, 15) is 0 Å². The number of aromatic nitrogens is 2. The molecule has 0 aliphatic rings. The summed E-state index contributed by atoms with van der Waals surface area (Å²) >= 11 is 0. The fraction of sp³-hybridized carbons (Fsp3) is 0.556. The van der Waals surface area contributed by atoms with Gasteiger partial charge in [-0.25, -0.2) is 4.98 Å². The first kappa shape index (κ1) is 9.75. The first-order chi connectivity index (χ1) is 6.38. The minimum atomic E-state index is 0.556. The molecular formula is C9H14N4. The van der Waals surface area contributed by atoms with Crippen LogP contribution < -0.4 is 5.32 Å². The summed E-state index contributed by atoms with van der Waals surface area (Å²) in [5, 5.41) is 11.5. The Morgan fingerprint density at radius 3 is 3.23 bits per heavy atom. The quantitative estimate of drug-likeness (QED) is 0.682. The average Bonchev–Trinajstić information content (AvgIpc) is 2.60. The van der Waals surface area contributed by atoms with Crippen molar-refractivity contribution in [2.45, 2.75) is 26.4 Å². The topological polar surface area (TPSA) is 53.6 Å². The van der Waals surface area contributed by atoms with E-state index in [0.717, 1.165) is 19.6 Å². The minimum Gasteiger partial charge on any atom is -0.334 e. The van der Waals surface area contributed by atoms with Crippen LogP contribution in [0.25, 0.3) is 0 Å². The molecule has 4 heteroatoms. The molecule has 0 radical (unpaired) electrons. The van der Waals surface area contributed by atoms with Gasteiger partial charge in [0, 0.05) is 32.3 Å². The lowest BCUT2D eigenvalue weighted by molar-refractivity contribution is 0.633. The molecule has 1 rings (SSSR count). The molecule has 1 N–H and O–H groups in total. The normalized spacial score (nSPS) is 9.85. The van der Waals surface area contributed by atoms with Crippen LogP contribution in [0.4, 0.5) is 0 Å². The lowest BCUT2D eigenvalue weighted by Gasteiger charge is -2.04. The second-order valence-electron chi connectivity index (χ2n) is 2.76. The number of imidazole rings is 1. The van der Waals surface area contributed by atoms with Crippen molar-refractivity contribution in [3.63, 3.8) is 0 Å². The second-order valence-corrected chi connectivity index (χ2v) is 2.76. The van der Waals surface area contributed by atoms with Crippen LogP contribution in [0.1, 0.15) is 19.0 Å². The number of nitrogens with zero attached hydrogens (tertiary/aromatic N) is 3. The Morgan fingerprint density at radius 1 is 1.69 bits per heavy atom. The van der Waals surface area contributed by atoms with Gasteiger partial charge < -0.3 is 9.88 Å². The van der Waals surface area contributed by atoms with Gasteiger partial charge in [-0.15, -0.1) is 0 Å². The molecule has 0 spiro atoms. The third-order valence-corrected chi connectivity index (χ3v) is 1.86. The van der Waals surface area contributed by atoms with Crippen molar-refractivity contribution in [3.05, 3.63) is 18.2 Å². The highest BCUT2D eigenvalue weighted by molar-refractivity contribution is 4.97. The Balaban J connectivity index is 2.32. The average molecular weight is 178 g/mol. The van der Waals surface area contributed by atoms with E-state index in [-0.39, 0.29) is 0 Å². The number of nitriles is 1. The molecule has 70 valence electrons. The highest BCUT2D eigenvalue weighted by Crippen LogP contribution is 1.97. The largest absolute Gasteiger partial charge is 0.334 e. The molecule has 0 unspecified atom stereocenters. The lowest BCUT2D eigenvalue weighted by atomic mass is 10.4. The van der Waals surface area contributed by atoms with E-state index in [1.165, 1.54) is 5.69 Å². The molecule has 0 saturated heterocycles. The zero-order chi connectivity index (χ0) is 9.52. The van der Waals surface area contributed by atoms with Crippen molar-refractivity contribution in [2.75, 3.05) is 6.54 Å². The summed E-state index contributed by atoms with van der Waals surface area (Å²) in [5.41, 5.74) is 1.17. The molecule has 1 aromatic heterocycles. The van der Waals surface area contributed by atoms with E-state index in [1.54, 1.807) is 0 Å². The molecule has 1 aromatic rings. The van der Waals surface area contributed by atoms with Gasteiger partial charge in [-0.2, -0.15) is 5.26 Å². The predicted octanol–water partition coefficient (Wildman–Crippen LogP) is 0.906. The van der Waals surface area contributed by atoms with E-state index in [0.29, 0.717) is 6.42 Å². The van der Waals surface area contributed by atoms with E-state index < -0.39 is 0 Å². The molecule has 4 nitrogen and oxygen atoms in total. The van der Waals surface area contributed by atoms with Crippen LogP contribution in [0.3, 0.4) is 0 Å². The molecule has 0 fully saturated rings. The summed E-state index contributed by atoms with van der Waals surface area (Å²) < 4.78 is 2.08. The third kappa shape index (κ3) is 2.88. The van der Waals surface area contributed by atoms with Gasteiger partial charge in [0.2, 0.25) is 0 Å². The van der Waals surface area contributed by atoms with Crippen molar-refractivity contribution in [3.8, 4) is 6.07 Å². The number of nitrogens with one attached hydrogen (secondary N) is 1. The summed E-state index contributed by atoms with van der Waals surface area (Å²) in [4.78, 5) is 4.05. The third-order valence-electron chi connectivity index (χ3n) is 1.86. The van der Waals surface area contributed by atoms with Gasteiger partial charge in [0.25, 0.3) is 0 Å². The minimum absolute atomic E-state index is 0.556. The van der Waals surface area contributed by atoms with E-state index in [4.69, 9.17) is 5.26 Å². The van der Waals surface area contributed by atoms with Crippen molar-refractivity contribution in [1.29, 1.82) is 5.26 Å². The van der Waals surface area contributed by atoms with Gasteiger partial charge in [0.1, 0.15) is 0 Å². The highest BCUT2D eigenvalue weighted by Gasteiger charge is 1.98. The number of rotatable bonds is 5. The van der Waals surface area contributed by atoms with Crippen molar-refractivity contribution in [2.24, 2.45) is 0 Å². The Labute approximate surface area is 78.2 Å². The maximum absolute atomic E-state index is 8.32. The number of aryl methyl sites for hydroxylation is 1. The zero-order valence-corrected chi connectivity index (χ0v) is 7.82. The van der Waals surface area contributed by atoms with Crippen LogP contribution in [0.5, 0.6) is 0 Å². The first-order valence-corrected chi connectivity index (χ1v) is 4.45. The van der Waals surface area contributed by atoms with Crippen LogP contribution in [-0.2, 0) is 13.1 Å². The molecule has 13 heavy (non-hydrogen) atoms. The summed E-state index contributed by atoms with van der Waals surface area (Å²) in [6, 6.07) is 2.09. The van der Waals surface area contributed by atoms with Crippen LogP contribution in [0, 0.1) is 11.3 Å². The van der Waals surface area contributed by atoms with Gasteiger partial charge >= 0.3 is 0 Å². The number of hydrogen-bond donors (Lipinski definition) is 1. The molecule has 0 bridgehead atoms. The van der Waals surface area contributed by atoms with Gasteiger partial charge in [-0.1, -0.05) is 0 Å². The van der Waals surface area contributed by atoms with Gasteiger partial charge in [0.05, 0.1) is 18.1 Å². The van der Waals surface area contributed by atoms with Crippen molar-refractivity contribution < 1.29 is 0 Å². The molecule has 0 aliphatic heterocycles. The fourth-order valence-corrected chi connectivity index (χ4v) is 1.14. The van der Waals surface area contributed by atoms with Crippen LogP contribution in [-0.4, -0.2) is 16.1 Å². The standard InChI is InChI=1S/C9H14N4/c1-2-13-8-12-7-9(13)6-11-5-3-4-10/h7-8,11H,2-3,5-6H2,1H3. The van der Waals surface area contributed by atoms with Crippen LogP contribution >= 0.6 is 0 Å². The Morgan fingerprint density at radius 2 is 2.54 bits per heavy atom. The highest BCUT2D eigenvalue weighted by atomic mass is 15.1. The molecular weight excluding hydrogens is 164 g/mol. The molecule has 0 amide bonds. The first-order valence-electron chi connectivity index (χ1n) is 4.45. The Bertz CT molecular complexity index is 284. The van der Waals surface area contributed by atoms with E-state index in [2.05, 4.69) is 27.9 Å². The Hall–Kier alpha value is -1.34. The summed E-state index contributed by atoms with van der Waals surface area (Å²) in [6.07, 6.45) is 4.23. The fourth-order valence-electron chi connectivity index (χ4n) is 1.14. The Kier molecular flexibility index (Phi) is 4.00. The monoisotopic (exact) mass is 178 g/mol. The van der Waals surface area contributed by atoms with Gasteiger partial charge in [-0.05, 0) is 6.92 Å². The molecule has 0 saturated carbocycles. The maximum atomic E-state index is 8.32. The maximum Gasteiger partial charge on any atom is 0.0948 e. The summed E-state index contributed by atoms with van der Waals surface area (Å²) in [5.74, 6) is 0. The lowest BCUT2D eigenvalue weighted by Crippen LogP contribution is -2.16. The molecule has 1 heterocycles. The van der Waals surface area contributed by atoms with Gasteiger partial charge in [-0.3, -0.25) is 0 Å². The van der Waals surface area contributed by atoms with Crippen molar-refractivity contribution in [1.82, 2.24) is 14.9 Å². The molecule has 0 aliphatic carbocycles. The van der Waals surface area contributed by atoms with E-state index in [1.807, 2.05) is 12.5 Å².